The van der Waals surface area contributed by atoms with Gasteiger partial charge < -0.3 is 14.1 Å². The second-order valence-corrected chi connectivity index (χ2v) is 8.32. The molecule has 2 aliphatic rings. The summed E-state index contributed by atoms with van der Waals surface area (Å²) in [6.07, 6.45) is 1.49. The summed E-state index contributed by atoms with van der Waals surface area (Å²) >= 11 is 13.8. The Morgan fingerprint density at radius 3 is 2.92 bits per heavy atom. The SMILES string of the molecule is [B][B]OCC1SC([n+]2c[nH]c3c(Cl)nc(Cl)nc32)C2OC(C)(C)OC12. The molecule has 3 radical (unpaired) electrons. The minimum absolute atomic E-state index is 0.0572. The number of halogens is 2. The van der Waals surface area contributed by atoms with Crippen molar-refractivity contribution in [2.45, 2.75) is 42.5 Å². The molecule has 12 heteroatoms. The Labute approximate surface area is 160 Å². The Hall–Kier alpha value is -0.510. The summed E-state index contributed by atoms with van der Waals surface area (Å²) in [5, 5.41) is 0.331. The van der Waals surface area contributed by atoms with Crippen LogP contribution in [0.4, 0.5) is 0 Å². The molecule has 0 saturated carbocycles. The van der Waals surface area contributed by atoms with E-state index in [1.807, 2.05) is 18.4 Å². The number of hydrogen-bond donors (Lipinski definition) is 1. The summed E-state index contributed by atoms with van der Waals surface area (Å²) < 4.78 is 19.5. The third-order valence-electron chi connectivity index (χ3n) is 4.17. The van der Waals surface area contributed by atoms with Gasteiger partial charge in [0.05, 0.1) is 13.0 Å². The van der Waals surface area contributed by atoms with Crippen LogP contribution in [-0.4, -0.2) is 59.9 Å². The monoisotopic (exact) mass is 398 g/mol. The fraction of sp³-hybridized carbons (Fsp3) is 0.615. The smallest absolute Gasteiger partial charge is 0.309 e. The second kappa shape index (κ2) is 6.58. The van der Waals surface area contributed by atoms with Crippen molar-refractivity contribution < 1.29 is 18.7 Å². The van der Waals surface area contributed by atoms with E-state index in [0.29, 0.717) is 17.8 Å². The molecule has 2 aromatic heterocycles. The van der Waals surface area contributed by atoms with E-state index in [-0.39, 0.29) is 33.3 Å². The molecule has 2 aliphatic heterocycles. The lowest BCUT2D eigenvalue weighted by Crippen LogP contribution is -2.44. The predicted octanol–water partition coefficient (Wildman–Crippen LogP) is 1.41. The van der Waals surface area contributed by atoms with Gasteiger partial charge in [-0.15, -0.1) is 11.8 Å². The third kappa shape index (κ3) is 3.17. The zero-order valence-electron chi connectivity index (χ0n) is 13.5. The van der Waals surface area contributed by atoms with Crippen LogP contribution in [0.5, 0.6) is 0 Å². The van der Waals surface area contributed by atoms with Crippen LogP contribution < -0.4 is 4.57 Å². The first-order chi connectivity index (χ1) is 11.9. The quantitative estimate of drug-likeness (QED) is 0.363. The fourth-order valence-corrected chi connectivity index (χ4v) is 5.23. The first kappa shape index (κ1) is 17.9. The van der Waals surface area contributed by atoms with Crippen LogP contribution in [0.25, 0.3) is 11.2 Å². The molecule has 129 valence electrons. The Bertz CT molecular complexity index is 811. The largest absolute Gasteiger partial charge is 0.451 e. The van der Waals surface area contributed by atoms with Crippen LogP contribution in [0, 0.1) is 0 Å². The number of hydrogen-bond acceptors (Lipinski definition) is 6. The highest BCUT2D eigenvalue weighted by Gasteiger charge is 2.57. The standard InChI is InChI=1S/C13H13B2Cl2N4O3S/c1-13(2)23-7-5(3-22-15-14)25-11(8(7)24-13)21-4-18-6-9(16)19-12(17)20-10(6)21/h4-5,7-8,11H,3H2,1-2H3/p+1. The summed E-state index contributed by atoms with van der Waals surface area (Å²) in [5.41, 5.74) is 1.23. The molecule has 2 fully saturated rings. The number of imidazole rings is 1. The maximum atomic E-state index is 6.16. The molecule has 0 spiro atoms. The van der Waals surface area contributed by atoms with Crippen molar-refractivity contribution in [3.05, 3.63) is 16.8 Å². The number of rotatable bonds is 4. The zero-order valence-corrected chi connectivity index (χ0v) is 15.8. The lowest BCUT2D eigenvalue weighted by atomic mass is 9.72. The minimum atomic E-state index is -0.670. The fourth-order valence-electron chi connectivity index (χ4n) is 3.27. The van der Waals surface area contributed by atoms with Crippen molar-refractivity contribution in [3.8, 4) is 0 Å². The highest BCUT2D eigenvalue weighted by atomic mass is 35.5. The van der Waals surface area contributed by atoms with E-state index in [2.05, 4.69) is 15.0 Å². The molecule has 7 nitrogen and oxygen atoms in total. The number of fused-ring (bicyclic) bond motifs is 2. The number of nitrogens with one attached hydrogen (secondary N) is 1. The first-order valence-electron chi connectivity index (χ1n) is 7.67. The number of nitrogens with zero attached hydrogens (tertiary/aromatic N) is 3. The van der Waals surface area contributed by atoms with Crippen molar-refractivity contribution in [1.29, 1.82) is 0 Å². The van der Waals surface area contributed by atoms with Gasteiger partial charge in [0.15, 0.2) is 22.6 Å². The maximum Gasteiger partial charge on any atom is 0.309 e. The van der Waals surface area contributed by atoms with Gasteiger partial charge in [-0.1, -0.05) is 16.6 Å². The molecule has 4 rings (SSSR count). The van der Waals surface area contributed by atoms with Crippen molar-refractivity contribution in [2.24, 2.45) is 0 Å². The second-order valence-electron chi connectivity index (χ2n) is 6.26. The van der Waals surface area contributed by atoms with Crippen LogP contribution in [0.15, 0.2) is 6.33 Å². The van der Waals surface area contributed by atoms with Crippen molar-refractivity contribution in [1.82, 2.24) is 15.0 Å². The molecule has 4 unspecified atom stereocenters. The summed E-state index contributed by atoms with van der Waals surface area (Å²) in [7, 11) is 6.54. The number of aromatic nitrogens is 4. The molecule has 4 atom stereocenters. The minimum Gasteiger partial charge on any atom is -0.451 e. The lowest BCUT2D eigenvalue weighted by molar-refractivity contribution is -0.682. The van der Waals surface area contributed by atoms with Gasteiger partial charge in [0.25, 0.3) is 0 Å². The van der Waals surface area contributed by atoms with Gasteiger partial charge in [0.1, 0.15) is 12.2 Å². The number of aromatic amines is 1. The molecule has 1 N–H and O–H groups in total. The predicted molar refractivity (Wildman–Crippen MR) is 95.8 cm³/mol. The molecule has 2 aromatic rings. The van der Waals surface area contributed by atoms with E-state index in [1.165, 1.54) is 7.37 Å². The van der Waals surface area contributed by atoms with Gasteiger partial charge in [-0.3, -0.25) is 4.98 Å². The average molecular weight is 399 g/mol. The Morgan fingerprint density at radius 2 is 2.16 bits per heavy atom. The van der Waals surface area contributed by atoms with Gasteiger partial charge in [-0.2, -0.15) is 4.98 Å². The van der Waals surface area contributed by atoms with Crippen LogP contribution in [0.2, 0.25) is 10.4 Å². The zero-order chi connectivity index (χ0) is 17.8. The van der Waals surface area contributed by atoms with Crippen molar-refractivity contribution in [2.75, 3.05) is 6.61 Å². The summed E-state index contributed by atoms with van der Waals surface area (Å²) in [6, 6.07) is 0. The molecule has 4 heterocycles. The maximum absolute atomic E-state index is 6.16. The third-order valence-corrected chi connectivity index (χ3v) is 6.14. The highest BCUT2D eigenvalue weighted by Crippen LogP contribution is 2.49. The van der Waals surface area contributed by atoms with Gasteiger partial charge in [-0.05, 0) is 25.4 Å². The molecular formula is C13H14B2Cl2N4O3S+. The number of H-pyrrole nitrogens is 1. The van der Waals surface area contributed by atoms with E-state index >= 15 is 0 Å². The molecule has 0 bridgehead atoms. The molecule has 25 heavy (non-hydrogen) atoms. The molecule has 0 amide bonds. The van der Waals surface area contributed by atoms with E-state index in [9.17, 15) is 0 Å². The Balaban J connectivity index is 1.72. The van der Waals surface area contributed by atoms with Gasteiger partial charge >= 0.3 is 10.9 Å². The van der Waals surface area contributed by atoms with Crippen molar-refractivity contribution >= 4 is 61.2 Å². The van der Waals surface area contributed by atoms with Crippen LogP contribution in [0.1, 0.15) is 19.2 Å². The van der Waals surface area contributed by atoms with E-state index in [0.717, 1.165) is 0 Å². The van der Waals surface area contributed by atoms with E-state index in [4.69, 9.17) is 45.1 Å². The average Bonchev–Trinajstić information content (AvgIpc) is 3.16. The number of ether oxygens (including phenoxy) is 2. The van der Waals surface area contributed by atoms with E-state index in [1.54, 1.807) is 18.1 Å². The Kier molecular flexibility index (Phi) is 4.71. The summed E-state index contributed by atoms with van der Waals surface area (Å²) in [6.45, 7) is 4.23. The van der Waals surface area contributed by atoms with Crippen LogP contribution in [-0.2, 0) is 14.1 Å². The lowest BCUT2D eigenvalue weighted by Gasteiger charge is -2.22. The molecular weight excluding hydrogens is 385 g/mol. The molecule has 0 aromatic carbocycles. The Morgan fingerprint density at radius 1 is 1.40 bits per heavy atom. The van der Waals surface area contributed by atoms with Gasteiger partial charge in [0.2, 0.25) is 12.9 Å². The van der Waals surface area contributed by atoms with Crippen LogP contribution >= 0.6 is 35.0 Å². The van der Waals surface area contributed by atoms with Crippen LogP contribution in [0.3, 0.4) is 0 Å². The summed E-state index contributed by atoms with van der Waals surface area (Å²) in [5.74, 6) is -0.670. The molecule has 2 saturated heterocycles. The van der Waals surface area contributed by atoms with Crippen molar-refractivity contribution in [3.63, 3.8) is 0 Å². The van der Waals surface area contributed by atoms with E-state index < -0.39 is 5.79 Å². The van der Waals surface area contributed by atoms with Gasteiger partial charge in [-0.25, -0.2) is 4.57 Å². The highest BCUT2D eigenvalue weighted by molar-refractivity contribution is 8.00. The van der Waals surface area contributed by atoms with Gasteiger partial charge in [0, 0.05) is 6.61 Å². The topological polar surface area (TPSA) is 73.1 Å². The summed E-state index contributed by atoms with van der Waals surface area (Å²) in [4.78, 5) is 11.4. The first-order valence-corrected chi connectivity index (χ1v) is 9.37. The molecule has 0 aliphatic carbocycles. The normalized spacial score (nSPS) is 30.7. The number of thioether (sulfide) groups is 1.